The van der Waals surface area contributed by atoms with Gasteiger partial charge in [-0.25, -0.2) is 0 Å². The van der Waals surface area contributed by atoms with Gasteiger partial charge in [-0.15, -0.1) is 11.6 Å². The molecule has 0 fully saturated rings. The third-order valence-electron chi connectivity index (χ3n) is 3.64. The molecular formula is C19H29ClN2O3. The second-order valence-corrected chi connectivity index (χ2v) is 7.64. The number of carbonyl (C=O) groups is 2. The number of hydrogen-bond donors (Lipinski definition) is 2. The molecule has 5 nitrogen and oxygen atoms in total. The van der Waals surface area contributed by atoms with Crippen LogP contribution in [-0.2, 0) is 15.0 Å². The molecule has 0 saturated heterocycles. The van der Waals surface area contributed by atoms with Gasteiger partial charge in [0.15, 0.2) is 0 Å². The fourth-order valence-corrected chi connectivity index (χ4v) is 2.17. The molecule has 25 heavy (non-hydrogen) atoms. The minimum absolute atomic E-state index is 0.0557. The number of alkyl halides is 1. The highest BCUT2D eigenvalue weighted by Gasteiger charge is 2.13. The van der Waals surface area contributed by atoms with E-state index < -0.39 is 5.38 Å². The molecule has 0 saturated carbocycles. The number of nitrogens with one attached hydrogen (secondary N) is 2. The first-order valence-electron chi connectivity index (χ1n) is 8.62. The van der Waals surface area contributed by atoms with Gasteiger partial charge in [0.05, 0.1) is 6.61 Å². The summed E-state index contributed by atoms with van der Waals surface area (Å²) in [7, 11) is 0. The lowest BCUT2D eigenvalue weighted by Crippen LogP contribution is -2.37. The van der Waals surface area contributed by atoms with Crippen molar-refractivity contribution < 1.29 is 14.3 Å². The van der Waals surface area contributed by atoms with E-state index >= 15 is 0 Å². The average Bonchev–Trinajstić information content (AvgIpc) is 2.55. The third kappa shape index (κ3) is 8.77. The van der Waals surface area contributed by atoms with Crippen LogP contribution in [0.1, 0.15) is 46.1 Å². The van der Waals surface area contributed by atoms with Crippen molar-refractivity contribution in [3.05, 3.63) is 29.8 Å². The molecule has 1 atom stereocenters. The largest absolute Gasteiger partial charge is 0.494 e. The van der Waals surface area contributed by atoms with Crippen molar-refractivity contribution in [3.63, 3.8) is 0 Å². The van der Waals surface area contributed by atoms with Gasteiger partial charge in [-0.05, 0) is 36.5 Å². The molecule has 0 heterocycles. The zero-order chi connectivity index (χ0) is 18.9. The quantitative estimate of drug-likeness (QED) is 0.520. The molecule has 2 amide bonds. The molecule has 2 N–H and O–H groups in total. The van der Waals surface area contributed by atoms with Crippen molar-refractivity contribution >= 4 is 23.4 Å². The van der Waals surface area contributed by atoms with Gasteiger partial charge in [0.1, 0.15) is 11.1 Å². The first-order valence-corrected chi connectivity index (χ1v) is 9.05. The number of hydrogen-bond acceptors (Lipinski definition) is 3. The number of halogens is 1. The molecule has 1 aromatic rings. The minimum atomic E-state index is -0.565. The van der Waals surface area contributed by atoms with Gasteiger partial charge in [0, 0.05) is 19.5 Å². The first-order chi connectivity index (χ1) is 11.7. The van der Waals surface area contributed by atoms with E-state index in [0.717, 1.165) is 5.75 Å². The minimum Gasteiger partial charge on any atom is -0.494 e. The standard InChI is InChI=1S/C19H29ClN2O3/c1-14(20)18(24)22-12-11-21-17(23)6-5-13-25-16-9-7-15(8-10-16)19(2,3)4/h7-10,14H,5-6,11-13H2,1-4H3,(H,21,23)(H,22,24). The molecule has 1 rings (SSSR count). The van der Waals surface area contributed by atoms with Gasteiger partial charge in [-0.3, -0.25) is 9.59 Å². The van der Waals surface area contributed by atoms with Crippen LogP contribution in [-0.4, -0.2) is 36.9 Å². The summed E-state index contributed by atoms with van der Waals surface area (Å²) in [5.41, 5.74) is 1.38. The fourth-order valence-electron chi connectivity index (χ4n) is 2.09. The van der Waals surface area contributed by atoms with Gasteiger partial charge in [-0.2, -0.15) is 0 Å². The van der Waals surface area contributed by atoms with Gasteiger partial charge in [-0.1, -0.05) is 32.9 Å². The highest BCUT2D eigenvalue weighted by molar-refractivity contribution is 6.30. The third-order valence-corrected chi connectivity index (χ3v) is 3.84. The highest BCUT2D eigenvalue weighted by Crippen LogP contribution is 2.24. The molecule has 0 aliphatic rings. The van der Waals surface area contributed by atoms with E-state index in [1.54, 1.807) is 6.92 Å². The van der Waals surface area contributed by atoms with E-state index in [2.05, 4.69) is 43.5 Å². The number of rotatable bonds is 9. The predicted octanol–water partition coefficient (Wildman–Crippen LogP) is 3.00. The van der Waals surface area contributed by atoms with E-state index in [1.165, 1.54) is 5.56 Å². The van der Waals surface area contributed by atoms with Crippen molar-refractivity contribution in [1.29, 1.82) is 0 Å². The lowest BCUT2D eigenvalue weighted by Gasteiger charge is -2.19. The molecular weight excluding hydrogens is 340 g/mol. The molecule has 140 valence electrons. The summed E-state index contributed by atoms with van der Waals surface area (Å²) >= 11 is 5.62. The summed E-state index contributed by atoms with van der Waals surface area (Å²) in [6.07, 6.45) is 1.03. The Hall–Kier alpha value is -1.75. The van der Waals surface area contributed by atoms with Crippen molar-refractivity contribution in [2.24, 2.45) is 0 Å². The molecule has 6 heteroatoms. The second kappa shape index (κ2) is 10.3. The zero-order valence-electron chi connectivity index (χ0n) is 15.5. The monoisotopic (exact) mass is 368 g/mol. The SMILES string of the molecule is CC(Cl)C(=O)NCCNC(=O)CCCOc1ccc(C(C)(C)C)cc1. The average molecular weight is 369 g/mol. The van der Waals surface area contributed by atoms with E-state index in [1.807, 2.05) is 12.1 Å². The Morgan fingerprint density at radius 3 is 2.28 bits per heavy atom. The molecule has 1 aromatic carbocycles. The number of ether oxygens (including phenoxy) is 1. The number of amides is 2. The summed E-state index contributed by atoms with van der Waals surface area (Å²) in [6.45, 7) is 9.37. The molecule has 1 unspecified atom stereocenters. The first kappa shape index (κ1) is 21.3. The summed E-state index contributed by atoms with van der Waals surface area (Å²) in [6, 6.07) is 8.05. The Balaban J connectivity index is 2.14. The summed E-state index contributed by atoms with van der Waals surface area (Å²) in [5.74, 6) is 0.521. The maximum Gasteiger partial charge on any atom is 0.237 e. The summed E-state index contributed by atoms with van der Waals surface area (Å²) < 4.78 is 5.66. The second-order valence-electron chi connectivity index (χ2n) is 6.98. The maximum atomic E-state index is 11.7. The van der Waals surface area contributed by atoms with Crippen LogP contribution in [0.4, 0.5) is 0 Å². The van der Waals surface area contributed by atoms with Gasteiger partial charge in [0.25, 0.3) is 0 Å². The van der Waals surface area contributed by atoms with Crippen LogP contribution in [0.3, 0.4) is 0 Å². The lowest BCUT2D eigenvalue weighted by molar-refractivity contribution is -0.122. The number of benzene rings is 1. The van der Waals surface area contributed by atoms with Gasteiger partial charge < -0.3 is 15.4 Å². The molecule has 0 bridgehead atoms. The Bertz CT molecular complexity index is 551. The predicted molar refractivity (Wildman–Crippen MR) is 101 cm³/mol. The Labute approximate surface area is 155 Å². The molecule has 0 aromatic heterocycles. The smallest absolute Gasteiger partial charge is 0.237 e. The van der Waals surface area contributed by atoms with Crippen LogP contribution < -0.4 is 15.4 Å². The van der Waals surface area contributed by atoms with Crippen LogP contribution in [0, 0.1) is 0 Å². The zero-order valence-corrected chi connectivity index (χ0v) is 16.3. The molecule has 0 aliphatic carbocycles. The molecule has 0 spiro atoms. The highest BCUT2D eigenvalue weighted by atomic mass is 35.5. The Morgan fingerprint density at radius 1 is 1.12 bits per heavy atom. The van der Waals surface area contributed by atoms with Crippen LogP contribution in [0.15, 0.2) is 24.3 Å². The lowest BCUT2D eigenvalue weighted by atomic mass is 9.87. The van der Waals surface area contributed by atoms with Crippen LogP contribution in [0.2, 0.25) is 0 Å². The van der Waals surface area contributed by atoms with E-state index in [4.69, 9.17) is 16.3 Å². The van der Waals surface area contributed by atoms with E-state index in [9.17, 15) is 9.59 Å². The Kier molecular flexibility index (Phi) is 8.76. The van der Waals surface area contributed by atoms with Gasteiger partial charge in [0.2, 0.25) is 11.8 Å². The van der Waals surface area contributed by atoms with E-state index in [0.29, 0.717) is 32.5 Å². The topological polar surface area (TPSA) is 67.4 Å². The summed E-state index contributed by atoms with van der Waals surface area (Å²) in [4.78, 5) is 22.9. The molecule has 0 radical (unpaired) electrons. The van der Waals surface area contributed by atoms with Crippen molar-refractivity contribution in [1.82, 2.24) is 10.6 Å². The van der Waals surface area contributed by atoms with Crippen molar-refractivity contribution in [2.75, 3.05) is 19.7 Å². The summed E-state index contributed by atoms with van der Waals surface area (Å²) in [5, 5.41) is 4.81. The fraction of sp³-hybridized carbons (Fsp3) is 0.579. The van der Waals surface area contributed by atoms with Gasteiger partial charge >= 0.3 is 0 Å². The molecule has 0 aliphatic heterocycles. The van der Waals surface area contributed by atoms with E-state index in [-0.39, 0.29) is 17.2 Å². The normalized spacial score (nSPS) is 12.4. The number of carbonyl (C=O) groups excluding carboxylic acids is 2. The van der Waals surface area contributed by atoms with Crippen LogP contribution in [0.25, 0.3) is 0 Å². The van der Waals surface area contributed by atoms with Crippen LogP contribution in [0.5, 0.6) is 5.75 Å². The Morgan fingerprint density at radius 2 is 1.72 bits per heavy atom. The maximum absolute atomic E-state index is 11.7. The van der Waals surface area contributed by atoms with Crippen molar-refractivity contribution in [2.45, 2.75) is 51.3 Å². The van der Waals surface area contributed by atoms with Crippen molar-refractivity contribution in [3.8, 4) is 5.75 Å². The van der Waals surface area contributed by atoms with Crippen LogP contribution >= 0.6 is 11.6 Å².